The average Bonchev–Trinajstić information content (AvgIpc) is 3.02. The zero-order valence-corrected chi connectivity index (χ0v) is 15.7. The number of halogens is 3. The van der Waals surface area contributed by atoms with Crippen LogP contribution in [0.3, 0.4) is 0 Å². The Morgan fingerprint density at radius 1 is 1.29 bits per heavy atom. The van der Waals surface area contributed by atoms with E-state index in [0.717, 1.165) is 10.7 Å². The molecule has 0 fully saturated rings. The number of pyridine rings is 1. The first-order valence-corrected chi connectivity index (χ1v) is 8.43. The molecule has 2 amide bonds. The summed E-state index contributed by atoms with van der Waals surface area (Å²) in [5, 5.41) is 17.5. The minimum Gasteiger partial charge on any atom is -0.390 e. The summed E-state index contributed by atoms with van der Waals surface area (Å²) in [6.07, 6.45) is -0.0546. The number of aliphatic hydroxyl groups excluding tert-OH is 1. The van der Waals surface area contributed by atoms with Gasteiger partial charge in [-0.3, -0.25) is 4.98 Å². The molecule has 28 heavy (non-hydrogen) atoms. The van der Waals surface area contributed by atoms with Crippen LogP contribution in [-0.4, -0.2) is 25.9 Å². The number of alkyl halides is 3. The quantitative estimate of drug-likeness (QED) is 0.719. The third-order valence-corrected chi connectivity index (χ3v) is 3.49. The Morgan fingerprint density at radius 2 is 2.00 bits per heavy atom. The van der Waals surface area contributed by atoms with Crippen LogP contribution in [0.1, 0.15) is 37.9 Å². The van der Waals surface area contributed by atoms with E-state index in [1.807, 2.05) is 20.8 Å². The molecule has 10 heteroatoms. The average molecular weight is 397 g/mol. The lowest BCUT2D eigenvalue weighted by Crippen LogP contribution is -2.29. The summed E-state index contributed by atoms with van der Waals surface area (Å²) in [5.74, 6) is 0. The van der Waals surface area contributed by atoms with Crippen LogP contribution in [0.15, 0.2) is 30.5 Å². The molecule has 0 saturated heterocycles. The molecule has 0 aliphatic carbocycles. The fourth-order valence-corrected chi connectivity index (χ4v) is 2.07. The van der Waals surface area contributed by atoms with E-state index in [1.165, 1.54) is 18.5 Å². The van der Waals surface area contributed by atoms with Crippen molar-refractivity contribution in [2.24, 2.45) is 5.41 Å². The molecule has 0 atom stereocenters. The second-order valence-electron chi connectivity index (χ2n) is 7.15. The van der Waals surface area contributed by atoms with Crippen LogP contribution in [0.25, 0.3) is 6.20 Å². The number of carbonyl (C=O) groups excluding carboxylic acids is 1. The molecule has 2 aromatic rings. The van der Waals surface area contributed by atoms with E-state index in [0.29, 0.717) is 11.4 Å². The summed E-state index contributed by atoms with van der Waals surface area (Å²) in [6, 6.07) is 3.37. The molecule has 7 nitrogen and oxygen atoms in total. The van der Waals surface area contributed by atoms with Gasteiger partial charge in [0.05, 0.1) is 36.4 Å². The van der Waals surface area contributed by atoms with Gasteiger partial charge < -0.3 is 15.7 Å². The predicted octanol–water partition coefficient (Wildman–Crippen LogP) is 3.63. The second kappa shape index (κ2) is 8.42. The Bertz CT molecular complexity index is 836. The van der Waals surface area contributed by atoms with Gasteiger partial charge in [-0.1, -0.05) is 26.8 Å². The van der Waals surface area contributed by atoms with Crippen LogP contribution >= 0.6 is 0 Å². The Labute approximate surface area is 160 Å². The van der Waals surface area contributed by atoms with Gasteiger partial charge in [0.2, 0.25) is 0 Å². The minimum absolute atomic E-state index is 0.161. The number of nitrogens with one attached hydrogen (secondary N) is 2. The summed E-state index contributed by atoms with van der Waals surface area (Å²) in [6.45, 7) is 5.32. The smallest absolute Gasteiger partial charge is 0.390 e. The number of anilines is 1. The molecule has 3 N–H and O–H groups in total. The van der Waals surface area contributed by atoms with Crippen molar-refractivity contribution in [2.45, 2.75) is 40.1 Å². The van der Waals surface area contributed by atoms with E-state index in [1.54, 1.807) is 12.1 Å². The highest BCUT2D eigenvalue weighted by atomic mass is 19.4. The topological polar surface area (TPSA) is 92.1 Å². The number of nitrogens with zero attached hydrogens (tertiary/aromatic N) is 3. The van der Waals surface area contributed by atoms with Gasteiger partial charge >= 0.3 is 12.2 Å². The lowest BCUT2D eigenvalue weighted by Gasteiger charge is -2.12. The molecule has 2 aromatic heterocycles. The number of amides is 2. The van der Waals surface area contributed by atoms with Crippen molar-refractivity contribution in [1.29, 1.82) is 0 Å². The van der Waals surface area contributed by atoms with Crippen molar-refractivity contribution in [3.63, 3.8) is 0 Å². The van der Waals surface area contributed by atoms with Crippen LogP contribution in [-0.2, 0) is 19.3 Å². The Morgan fingerprint density at radius 3 is 2.54 bits per heavy atom. The third kappa shape index (κ3) is 6.38. The molecule has 0 radical (unpaired) electrons. The molecule has 0 unspecified atom stereocenters. The van der Waals surface area contributed by atoms with Gasteiger partial charge in [-0.15, -0.1) is 0 Å². The molecule has 2 rings (SSSR count). The molecule has 0 aromatic carbocycles. The van der Waals surface area contributed by atoms with E-state index in [-0.39, 0.29) is 24.3 Å². The number of aromatic nitrogens is 3. The standard InChI is InChI=1S/C18H22F3N5O2/c1-17(2,3)6-7-26-14(8-15(25-26)18(19,20)21)10-23-16(28)24-12-4-5-13(11-27)22-9-12/h4-9,27H,10-11H2,1-3H3,(H2,23,24,28)/b7-6+. The van der Waals surface area contributed by atoms with E-state index >= 15 is 0 Å². The van der Waals surface area contributed by atoms with Crippen LogP contribution in [0, 0.1) is 5.41 Å². The molecular weight excluding hydrogens is 375 g/mol. The Hall–Kier alpha value is -2.88. The first kappa shape index (κ1) is 21.4. The fraction of sp³-hybridized carbons (Fsp3) is 0.389. The molecule has 152 valence electrons. The maximum atomic E-state index is 13.0. The van der Waals surface area contributed by atoms with Crippen molar-refractivity contribution in [1.82, 2.24) is 20.1 Å². The highest BCUT2D eigenvalue weighted by Gasteiger charge is 2.34. The molecule has 0 aliphatic heterocycles. The number of carbonyl (C=O) groups is 1. The zero-order chi connectivity index (χ0) is 20.9. The molecule has 0 spiro atoms. The van der Waals surface area contributed by atoms with Gasteiger partial charge in [0, 0.05) is 6.20 Å². The first-order valence-electron chi connectivity index (χ1n) is 8.43. The van der Waals surface area contributed by atoms with E-state index in [9.17, 15) is 18.0 Å². The molecule has 0 aliphatic rings. The van der Waals surface area contributed by atoms with Crippen LogP contribution in [0.2, 0.25) is 0 Å². The van der Waals surface area contributed by atoms with Crippen molar-refractivity contribution in [3.05, 3.63) is 47.6 Å². The summed E-state index contributed by atoms with van der Waals surface area (Å²) in [7, 11) is 0. The van der Waals surface area contributed by atoms with Crippen molar-refractivity contribution in [2.75, 3.05) is 5.32 Å². The van der Waals surface area contributed by atoms with Gasteiger partial charge in [0.15, 0.2) is 5.69 Å². The van der Waals surface area contributed by atoms with Gasteiger partial charge in [-0.05, 0) is 23.6 Å². The summed E-state index contributed by atoms with van der Waals surface area (Å²) in [4.78, 5) is 15.9. The molecular formula is C18H22F3N5O2. The minimum atomic E-state index is -4.59. The maximum Gasteiger partial charge on any atom is 0.435 e. The van der Waals surface area contributed by atoms with Crippen molar-refractivity contribution >= 4 is 17.9 Å². The van der Waals surface area contributed by atoms with Gasteiger partial charge in [0.1, 0.15) is 0 Å². The monoisotopic (exact) mass is 397 g/mol. The third-order valence-electron chi connectivity index (χ3n) is 3.49. The van der Waals surface area contributed by atoms with Crippen LogP contribution < -0.4 is 10.6 Å². The van der Waals surface area contributed by atoms with Crippen molar-refractivity contribution < 1.29 is 23.1 Å². The largest absolute Gasteiger partial charge is 0.435 e. The van der Waals surface area contributed by atoms with E-state index in [2.05, 4.69) is 20.7 Å². The highest BCUT2D eigenvalue weighted by molar-refractivity contribution is 5.88. The van der Waals surface area contributed by atoms with Gasteiger partial charge in [-0.2, -0.15) is 18.3 Å². The number of aliphatic hydroxyl groups is 1. The Kier molecular flexibility index (Phi) is 6.45. The van der Waals surface area contributed by atoms with E-state index in [4.69, 9.17) is 5.11 Å². The van der Waals surface area contributed by atoms with Gasteiger partial charge in [0.25, 0.3) is 0 Å². The lowest BCUT2D eigenvalue weighted by molar-refractivity contribution is -0.141. The second-order valence-corrected chi connectivity index (χ2v) is 7.15. The maximum absolute atomic E-state index is 13.0. The number of rotatable bonds is 5. The summed E-state index contributed by atoms with van der Waals surface area (Å²) >= 11 is 0. The summed E-state index contributed by atoms with van der Waals surface area (Å²) in [5.41, 5.74) is -0.282. The normalized spacial score (nSPS) is 12.4. The highest BCUT2D eigenvalue weighted by Crippen LogP contribution is 2.29. The Balaban J connectivity index is 2.09. The van der Waals surface area contributed by atoms with E-state index < -0.39 is 17.9 Å². The number of urea groups is 1. The molecule has 0 saturated carbocycles. The zero-order valence-electron chi connectivity index (χ0n) is 15.7. The number of allylic oxidation sites excluding steroid dienone is 1. The first-order chi connectivity index (χ1) is 13.0. The number of hydrogen-bond donors (Lipinski definition) is 3. The SMILES string of the molecule is CC(C)(C)/C=C/n1nc(C(F)(F)F)cc1CNC(=O)Nc1ccc(CO)nc1. The number of hydrogen-bond acceptors (Lipinski definition) is 4. The van der Waals surface area contributed by atoms with Crippen LogP contribution in [0.4, 0.5) is 23.7 Å². The predicted molar refractivity (Wildman–Crippen MR) is 98.0 cm³/mol. The summed E-state index contributed by atoms with van der Waals surface area (Å²) < 4.78 is 40.0. The molecule has 0 bridgehead atoms. The lowest BCUT2D eigenvalue weighted by atomic mass is 9.97. The van der Waals surface area contributed by atoms with Crippen LogP contribution in [0.5, 0.6) is 0 Å². The van der Waals surface area contributed by atoms with Crippen molar-refractivity contribution in [3.8, 4) is 0 Å². The molecule has 2 heterocycles. The van der Waals surface area contributed by atoms with Gasteiger partial charge in [-0.25, -0.2) is 9.48 Å². The fourth-order valence-electron chi connectivity index (χ4n) is 2.07.